The van der Waals surface area contributed by atoms with Gasteiger partial charge in [0.2, 0.25) is 0 Å². The topological polar surface area (TPSA) is 6.48 Å². The molecule has 1 aliphatic rings. The summed E-state index contributed by atoms with van der Waals surface area (Å²) in [5.41, 5.74) is 0. The van der Waals surface area contributed by atoms with E-state index in [0.717, 1.165) is 18.2 Å². The van der Waals surface area contributed by atoms with Crippen molar-refractivity contribution in [3.63, 3.8) is 0 Å². The van der Waals surface area contributed by atoms with E-state index in [1.807, 2.05) is 14.1 Å². The van der Waals surface area contributed by atoms with Crippen LogP contribution in [-0.2, 0) is 0 Å². The maximum atomic E-state index is 5.02. The molecular formula is C5H10N2S. The molecule has 0 atom stereocenters. The molecule has 0 saturated carbocycles. The van der Waals surface area contributed by atoms with Crippen LogP contribution in [0.2, 0.25) is 0 Å². The molecule has 1 heterocycles. The van der Waals surface area contributed by atoms with Crippen molar-refractivity contribution in [2.75, 3.05) is 27.2 Å². The summed E-state index contributed by atoms with van der Waals surface area (Å²) in [7, 11) is 4.04. The highest BCUT2D eigenvalue weighted by atomic mass is 32.1. The predicted octanol–water partition coefficient (Wildman–Crippen LogP) is 0.148. The fourth-order valence-electron chi connectivity index (χ4n) is 0.783. The minimum Gasteiger partial charge on any atom is -0.350 e. The maximum absolute atomic E-state index is 5.02. The van der Waals surface area contributed by atoms with E-state index in [2.05, 4.69) is 9.80 Å². The van der Waals surface area contributed by atoms with Crippen LogP contribution in [0.25, 0.3) is 0 Å². The van der Waals surface area contributed by atoms with Crippen molar-refractivity contribution in [2.24, 2.45) is 0 Å². The van der Waals surface area contributed by atoms with Crippen LogP contribution in [0.1, 0.15) is 0 Å². The summed E-state index contributed by atoms with van der Waals surface area (Å²) >= 11 is 5.02. The first-order chi connectivity index (χ1) is 3.72. The molecule has 1 rings (SSSR count). The van der Waals surface area contributed by atoms with Crippen molar-refractivity contribution in [3.05, 3.63) is 0 Å². The lowest BCUT2D eigenvalue weighted by atomic mass is 10.6. The van der Waals surface area contributed by atoms with Crippen LogP contribution in [0, 0.1) is 0 Å². The fourth-order valence-corrected chi connectivity index (χ4v) is 0.965. The molecule has 0 spiro atoms. The second-order valence-corrected chi connectivity index (χ2v) is 2.49. The van der Waals surface area contributed by atoms with Crippen LogP contribution in [0.3, 0.4) is 0 Å². The Morgan fingerprint density at radius 1 is 1.25 bits per heavy atom. The van der Waals surface area contributed by atoms with E-state index in [-0.39, 0.29) is 0 Å². The number of likely N-dealkylation sites (N-methyl/N-ethyl adjacent to an activating group) is 2. The summed E-state index contributed by atoms with van der Waals surface area (Å²) in [6.07, 6.45) is 0. The van der Waals surface area contributed by atoms with Gasteiger partial charge in [-0.3, -0.25) is 0 Å². The van der Waals surface area contributed by atoms with Gasteiger partial charge in [0.15, 0.2) is 5.11 Å². The van der Waals surface area contributed by atoms with Crippen LogP contribution in [0.5, 0.6) is 0 Å². The van der Waals surface area contributed by atoms with Crippen molar-refractivity contribution < 1.29 is 0 Å². The summed E-state index contributed by atoms with van der Waals surface area (Å²) in [5.74, 6) is 0. The zero-order valence-electron chi connectivity index (χ0n) is 5.22. The van der Waals surface area contributed by atoms with Gasteiger partial charge in [-0.2, -0.15) is 0 Å². The van der Waals surface area contributed by atoms with Gasteiger partial charge >= 0.3 is 0 Å². The lowest BCUT2D eigenvalue weighted by Crippen LogP contribution is -2.25. The first-order valence-corrected chi connectivity index (χ1v) is 3.09. The number of thiocarbonyl (C=S) groups is 1. The molecule has 0 aromatic heterocycles. The van der Waals surface area contributed by atoms with Crippen LogP contribution < -0.4 is 0 Å². The largest absolute Gasteiger partial charge is 0.350 e. The summed E-state index contributed by atoms with van der Waals surface area (Å²) < 4.78 is 0. The SMILES string of the molecule is CN1CCN(C)C1=S. The molecule has 0 radical (unpaired) electrons. The van der Waals surface area contributed by atoms with E-state index in [9.17, 15) is 0 Å². The third-order valence-corrected chi connectivity index (χ3v) is 2.05. The minimum absolute atomic E-state index is 0.963. The van der Waals surface area contributed by atoms with Crippen molar-refractivity contribution in [2.45, 2.75) is 0 Å². The van der Waals surface area contributed by atoms with E-state index in [4.69, 9.17) is 12.2 Å². The van der Waals surface area contributed by atoms with Gasteiger partial charge in [0.05, 0.1) is 0 Å². The maximum Gasteiger partial charge on any atom is 0.171 e. The van der Waals surface area contributed by atoms with Crippen LogP contribution in [0.4, 0.5) is 0 Å². The first-order valence-electron chi connectivity index (χ1n) is 2.68. The smallest absolute Gasteiger partial charge is 0.171 e. The Kier molecular flexibility index (Phi) is 1.38. The van der Waals surface area contributed by atoms with Crippen molar-refractivity contribution in [1.29, 1.82) is 0 Å². The van der Waals surface area contributed by atoms with Gasteiger partial charge < -0.3 is 9.80 Å². The summed E-state index contributed by atoms with van der Waals surface area (Å²) in [6, 6.07) is 0. The van der Waals surface area contributed by atoms with Crippen LogP contribution in [-0.4, -0.2) is 42.1 Å². The van der Waals surface area contributed by atoms with E-state index >= 15 is 0 Å². The van der Waals surface area contributed by atoms with Gasteiger partial charge in [-0.1, -0.05) is 0 Å². The first kappa shape index (κ1) is 5.82. The van der Waals surface area contributed by atoms with Gasteiger partial charge in [-0.25, -0.2) is 0 Å². The standard InChI is InChI=1S/C5H10N2S/c1-6-3-4-7(2)5(6)8/h3-4H2,1-2H3. The average molecular weight is 130 g/mol. The second-order valence-electron chi connectivity index (χ2n) is 2.13. The molecule has 0 amide bonds. The summed E-state index contributed by atoms with van der Waals surface area (Å²) in [6.45, 7) is 2.16. The Labute approximate surface area is 55.1 Å². The molecule has 1 fully saturated rings. The molecular weight excluding hydrogens is 120 g/mol. The van der Waals surface area contributed by atoms with Crippen molar-refractivity contribution in [1.82, 2.24) is 9.80 Å². The lowest BCUT2D eigenvalue weighted by Gasteiger charge is -2.11. The van der Waals surface area contributed by atoms with E-state index in [1.165, 1.54) is 0 Å². The molecule has 0 aromatic rings. The van der Waals surface area contributed by atoms with E-state index in [1.54, 1.807) is 0 Å². The number of hydrogen-bond acceptors (Lipinski definition) is 1. The Bertz CT molecular complexity index is 101. The quantitative estimate of drug-likeness (QED) is 0.431. The minimum atomic E-state index is 0.963. The molecule has 0 aromatic carbocycles. The van der Waals surface area contributed by atoms with Crippen molar-refractivity contribution >= 4 is 17.3 Å². The second kappa shape index (κ2) is 1.90. The monoisotopic (exact) mass is 130 g/mol. The highest BCUT2D eigenvalue weighted by molar-refractivity contribution is 7.80. The molecule has 0 N–H and O–H groups in total. The number of nitrogens with zero attached hydrogens (tertiary/aromatic N) is 2. The Morgan fingerprint density at radius 3 is 1.75 bits per heavy atom. The normalized spacial score (nSPS) is 20.5. The Balaban J connectivity index is 2.57. The average Bonchev–Trinajstić information content (AvgIpc) is 1.98. The van der Waals surface area contributed by atoms with E-state index in [0.29, 0.717) is 0 Å². The fraction of sp³-hybridized carbons (Fsp3) is 0.800. The third kappa shape index (κ3) is 0.777. The number of hydrogen-bond donors (Lipinski definition) is 0. The molecule has 2 nitrogen and oxygen atoms in total. The van der Waals surface area contributed by atoms with Crippen LogP contribution in [0.15, 0.2) is 0 Å². The molecule has 1 aliphatic heterocycles. The molecule has 0 aliphatic carbocycles. The van der Waals surface area contributed by atoms with Gasteiger partial charge in [0.1, 0.15) is 0 Å². The summed E-state index contributed by atoms with van der Waals surface area (Å²) in [4.78, 5) is 4.16. The third-order valence-electron chi connectivity index (χ3n) is 1.42. The van der Waals surface area contributed by atoms with Gasteiger partial charge in [0, 0.05) is 27.2 Å². The molecule has 46 valence electrons. The molecule has 3 heteroatoms. The molecule has 0 bridgehead atoms. The van der Waals surface area contributed by atoms with Crippen molar-refractivity contribution in [3.8, 4) is 0 Å². The zero-order chi connectivity index (χ0) is 6.15. The van der Waals surface area contributed by atoms with Gasteiger partial charge in [-0.15, -0.1) is 0 Å². The molecule has 0 unspecified atom stereocenters. The lowest BCUT2D eigenvalue weighted by molar-refractivity contribution is 0.553. The number of rotatable bonds is 0. The molecule has 1 saturated heterocycles. The zero-order valence-corrected chi connectivity index (χ0v) is 6.03. The molecule has 8 heavy (non-hydrogen) atoms. The summed E-state index contributed by atoms with van der Waals surface area (Å²) in [5, 5.41) is 0.963. The van der Waals surface area contributed by atoms with Gasteiger partial charge in [0.25, 0.3) is 0 Å². The highest BCUT2D eigenvalue weighted by Crippen LogP contribution is 2.01. The predicted molar refractivity (Wildman–Crippen MR) is 37.9 cm³/mol. The Morgan fingerprint density at radius 2 is 1.62 bits per heavy atom. The highest BCUT2D eigenvalue weighted by Gasteiger charge is 2.16. The Hall–Kier alpha value is -0.310. The van der Waals surface area contributed by atoms with Crippen LogP contribution >= 0.6 is 12.2 Å². The van der Waals surface area contributed by atoms with Gasteiger partial charge in [-0.05, 0) is 12.2 Å². The van der Waals surface area contributed by atoms with E-state index < -0.39 is 0 Å².